The number of aromatic nitrogens is 2. The molecule has 0 saturated heterocycles. The number of nitrogens with zero attached hydrogens (tertiary/aromatic N) is 3. The van der Waals surface area contributed by atoms with Crippen LogP contribution in [0.5, 0.6) is 0 Å². The van der Waals surface area contributed by atoms with Gasteiger partial charge >= 0.3 is 11.9 Å². The molecule has 1 aliphatic rings. The first-order chi connectivity index (χ1) is 13.1. The van der Waals surface area contributed by atoms with Crippen LogP contribution in [-0.4, -0.2) is 41.2 Å². The normalized spacial score (nSPS) is 15.6. The summed E-state index contributed by atoms with van der Waals surface area (Å²) in [7, 11) is 0. The van der Waals surface area contributed by atoms with Crippen molar-refractivity contribution in [1.29, 1.82) is 0 Å². The first kappa shape index (κ1) is 18.8. The van der Waals surface area contributed by atoms with Crippen LogP contribution in [0.25, 0.3) is 0 Å². The standard InChI is InChI=1S/C20H23N3O4/c1-4-26-18(24)16(19(25)27-5-2)15-9-6-8-14-12-13(3)23(17(14)15)20-21-10-7-11-22-20/h6-11,13,16H,4-5,12H2,1-3H3. The van der Waals surface area contributed by atoms with Gasteiger partial charge in [-0.25, -0.2) is 9.97 Å². The van der Waals surface area contributed by atoms with E-state index in [9.17, 15) is 9.59 Å². The van der Waals surface area contributed by atoms with Gasteiger partial charge in [-0.1, -0.05) is 18.2 Å². The van der Waals surface area contributed by atoms with E-state index in [0.29, 0.717) is 11.5 Å². The molecule has 1 unspecified atom stereocenters. The highest BCUT2D eigenvalue weighted by Gasteiger charge is 2.39. The molecule has 0 radical (unpaired) electrons. The van der Waals surface area contributed by atoms with Crippen LogP contribution in [-0.2, 0) is 25.5 Å². The van der Waals surface area contributed by atoms with Gasteiger partial charge in [-0.2, -0.15) is 0 Å². The molecule has 2 heterocycles. The van der Waals surface area contributed by atoms with Crippen LogP contribution in [0.15, 0.2) is 36.7 Å². The molecule has 1 atom stereocenters. The van der Waals surface area contributed by atoms with Crippen molar-refractivity contribution < 1.29 is 19.1 Å². The summed E-state index contributed by atoms with van der Waals surface area (Å²) in [5.74, 6) is -1.84. The van der Waals surface area contributed by atoms with Crippen molar-refractivity contribution in [2.24, 2.45) is 0 Å². The van der Waals surface area contributed by atoms with Crippen molar-refractivity contribution in [3.63, 3.8) is 0 Å². The van der Waals surface area contributed by atoms with Gasteiger partial charge in [0.2, 0.25) is 5.95 Å². The third-order valence-electron chi connectivity index (χ3n) is 4.47. The number of carbonyl (C=O) groups is 2. The largest absolute Gasteiger partial charge is 0.465 e. The molecule has 142 valence electrons. The number of rotatable bonds is 6. The van der Waals surface area contributed by atoms with Crippen molar-refractivity contribution in [3.8, 4) is 0 Å². The van der Waals surface area contributed by atoms with Gasteiger partial charge in [-0.15, -0.1) is 0 Å². The van der Waals surface area contributed by atoms with E-state index in [0.717, 1.165) is 17.7 Å². The van der Waals surface area contributed by atoms with Crippen molar-refractivity contribution in [2.45, 2.75) is 39.2 Å². The van der Waals surface area contributed by atoms with Crippen LogP contribution in [0.2, 0.25) is 0 Å². The lowest BCUT2D eigenvalue weighted by Gasteiger charge is -2.26. The average Bonchev–Trinajstić information content (AvgIpc) is 3.00. The average molecular weight is 369 g/mol. The first-order valence-electron chi connectivity index (χ1n) is 9.09. The summed E-state index contributed by atoms with van der Waals surface area (Å²) in [5.41, 5.74) is 2.37. The lowest BCUT2D eigenvalue weighted by atomic mass is 9.94. The maximum absolute atomic E-state index is 12.6. The molecule has 0 N–H and O–H groups in total. The summed E-state index contributed by atoms with van der Waals surface area (Å²) in [4.78, 5) is 35.9. The second-order valence-corrected chi connectivity index (χ2v) is 6.26. The van der Waals surface area contributed by atoms with E-state index >= 15 is 0 Å². The zero-order chi connectivity index (χ0) is 19.4. The van der Waals surface area contributed by atoms with E-state index < -0.39 is 17.9 Å². The maximum atomic E-state index is 12.6. The molecule has 0 fully saturated rings. The smallest absolute Gasteiger partial charge is 0.324 e. The van der Waals surface area contributed by atoms with E-state index in [-0.39, 0.29) is 19.3 Å². The van der Waals surface area contributed by atoms with E-state index in [1.54, 1.807) is 38.4 Å². The summed E-state index contributed by atoms with van der Waals surface area (Å²) in [6, 6.07) is 7.45. The molecule has 0 spiro atoms. The SMILES string of the molecule is CCOC(=O)C(C(=O)OCC)c1cccc2c1N(c1ncccn1)C(C)C2. The fourth-order valence-electron chi connectivity index (χ4n) is 3.45. The Balaban J connectivity index is 2.12. The number of esters is 2. The molecule has 0 amide bonds. The van der Waals surface area contributed by atoms with Crippen LogP contribution >= 0.6 is 0 Å². The number of benzene rings is 1. The van der Waals surface area contributed by atoms with Gasteiger partial charge in [0.1, 0.15) is 0 Å². The van der Waals surface area contributed by atoms with Crippen LogP contribution in [0.1, 0.15) is 37.8 Å². The number of hydrogen-bond donors (Lipinski definition) is 0. The fourth-order valence-corrected chi connectivity index (χ4v) is 3.45. The highest BCUT2D eigenvalue weighted by Crippen LogP contribution is 2.42. The summed E-state index contributed by atoms with van der Waals surface area (Å²) in [6.07, 6.45) is 4.10. The van der Waals surface area contributed by atoms with E-state index in [1.807, 2.05) is 17.0 Å². The summed E-state index contributed by atoms with van der Waals surface area (Å²) >= 11 is 0. The van der Waals surface area contributed by atoms with Crippen LogP contribution in [0, 0.1) is 0 Å². The monoisotopic (exact) mass is 369 g/mol. The Morgan fingerprint density at radius 3 is 2.33 bits per heavy atom. The Hall–Kier alpha value is -2.96. The van der Waals surface area contributed by atoms with Gasteiger partial charge < -0.3 is 14.4 Å². The fraction of sp³-hybridized carbons (Fsp3) is 0.400. The van der Waals surface area contributed by atoms with Gasteiger partial charge in [-0.3, -0.25) is 9.59 Å². The van der Waals surface area contributed by atoms with Crippen molar-refractivity contribution in [2.75, 3.05) is 18.1 Å². The molecule has 0 bridgehead atoms. The minimum Gasteiger partial charge on any atom is -0.465 e. The third-order valence-corrected chi connectivity index (χ3v) is 4.47. The maximum Gasteiger partial charge on any atom is 0.324 e. The Morgan fingerprint density at radius 2 is 1.74 bits per heavy atom. The molecule has 3 rings (SSSR count). The minimum atomic E-state index is -1.14. The lowest BCUT2D eigenvalue weighted by molar-refractivity contribution is -0.156. The van der Waals surface area contributed by atoms with Crippen molar-refractivity contribution >= 4 is 23.6 Å². The number of carbonyl (C=O) groups excluding carboxylic acids is 2. The quantitative estimate of drug-likeness (QED) is 0.572. The molecular formula is C20H23N3O4. The van der Waals surface area contributed by atoms with Gasteiger partial charge in [0.05, 0.1) is 18.9 Å². The Kier molecular flexibility index (Phi) is 5.69. The number of para-hydroxylation sites is 1. The predicted octanol–water partition coefficient (Wildman–Crippen LogP) is 2.77. The molecular weight excluding hydrogens is 346 g/mol. The topological polar surface area (TPSA) is 81.6 Å². The van der Waals surface area contributed by atoms with Crippen molar-refractivity contribution in [1.82, 2.24) is 9.97 Å². The molecule has 2 aromatic rings. The van der Waals surface area contributed by atoms with Gasteiger partial charge in [-0.05, 0) is 38.8 Å². The molecule has 7 heteroatoms. The number of fused-ring (bicyclic) bond motifs is 1. The number of ether oxygens (including phenoxy) is 2. The molecule has 1 aliphatic heterocycles. The third kappa shape index (κ3) is 3.63. The molecule has 7 nitrogen and oxygen atoms in total. The Morgan fingerprint density at radius 1 is 1.11 bits per heavy atom. The van der Waals surface area contributed by atoms with Gasteiger partial charge in [0, 0.05) is 24.0 Å². The predicted molar refractivity (Wildman–Crippen MR) is 99.8 cm³/mol. The van der Waals surface area contributed by atoms with Crippen LogP contribution in [0.3, 0.4) is 0 Å². The first-order valence-corrected chi connectivity index (χ1v) is 9.09. The Bertz CT molecular complexity index is 807. The number of hydrogen-bond acceptors (Lipinski definition) is 7. The molecule has 27 heavy (non-hydrogen) atoms. The summed E-state index contributed by atoms with van der Waals surface area (Å²) in [6.45, 7) is 5.85. The summed E-state index contributed by atoms with van der Waals surface area (Å²) < 4.78 is 10.3. The second kappa shape index (κ2) is 8.16. The highest BCUT2D eigenvalue weighted by molar-refractivity contribution is 6.02. The molecule has 0 saturated carbocycles. The van der Waals surface area contributed by atoms with Gasteiger partial charge in [0.25, 0.3) is 0 Å². The van der Waals surface area contributed by atoms with Crippen LogP contribution in [0.4, 0.5) is 11.6 Å². The van der Waals surface area contributed by atoms with Crippen LogP contribution < -0.4 is 4.90 Å². The minimum absolute atomic E-state index is 0.0913. The van der Waals surface area contributed by atoms with E-state index in [1.165, 1.54) is 0 Å². The van der Waals surface area contributed by atoms with Crippen molar-refractivity contribution in [3.05, 3.63) is 47.8 Å². The molecule has 1 aromatic heterocycles. The Labute approximate surface area is 158 Å². The molecule has 1 aromatic carbocycles. The van der Waals surface area contributed by atoms with E-state index in [2.05, 4.69) is 16.9 Å². The highest BCUT2D eigenvalue weighted by atomic mass is 16.6. The zero-order valence-electron chi connectivity index (χ0n) is 15.7. The number of anilines is 2. The van der Waals surface area contributed by atoms with E-state index in [4.69, 9.17) is 9.47 Å². The lowest BCUT2D eigenvalue weighted by Crippen LogP contribution is -2.30. The molecule has 0 aliphatic carbocycles. The zero-order valence-corrected chi connectivity index (χ0v) is 15.7. The summed E-state index contributed by atoms with van der Waals surface area (Å²) in [5, 5.41) is 0. The second-order valence-electron chi connectivity index (χ2n) is 6.26. The van der Waals surface area contributed by atoms with Gasteiger partial charge in [0.15, 0.2) is 5.92 Å².